The lowest BCUT2D eigenvalue weighted by molar-refractivity contribution is 0.588. The minimum atomic E-state index is 0.848. The van der Waals surface area contributed by atoms with Gasteiger partial charge in [0.2, 0.25) is 0 Å². The number of piperazine rings is 1. The van der Waals surface area contributed by atoms with Gasteiger partial charge in [-0.25, -0.2) is 0 Å². The molecule has 4 heteroatoms. The molecule has 0 spiro atoms. The minimum absolute atomic E-state index is 0.848. The highest BCUT2D eigenvalue weighted by Gasteiger charge is 2.14. The molecule has 1 aromatic rings. The van der Waals surface area contributed by atoms with E-state index in [-0.39, 0.29) is 0 Å². The van der Waals surface area contributed by atoms with Crippen LogP contribution in [0.4, 0.5) is 11.4 Å². The van der Waals surface area contributed by atoms with Crippen LogP contribution in [0, 0.1) is 6.92 Å². The first-order chi connectivity index (χ1) is 7.18. The number of benzene rings is 1. The lowest BCUT2D eigenvalue weighted by Crippen LogP contribution is -2.43. The van der Waals surface area contributed by atoms with Gasteiger partial charge in [-0.05, 0) is 40.5 Å². The van der Waals surface area contributed by atoms with Gasteiger partial charge in [-0.2, -0.15) is 0 Å². The highest BCUT2D eigenvalue weighted by atomic mass is 79.9. The molecule has 3 N–H and O–H groups in total. The van der Waals surface area contributed by atoms with Crippen molar-refractivity contribution in [1.29, 1.82) is 0 Å². The van der Waals surface area contributed by atoms with E-state index in [9.17, 15) is 0 Å². The largest absolute Gasteiger partial charge is 0.398 e. The van der Waals surface area contributed by atoms with Crippen LogP contribution in [0.15, 0.2) is 16.6 Å². The maximum Gasteiger partial charge on any atom is 0.0515 e. The van der Waals surface area contributed by atoms with Crippen molar-refractivity contribution in [3.63, 3.8) is 0 Å². The van der Waals surface area contributed by atoms with Crippen LogP contribution in [-0.4, -0.2) is 26.2 Å². The quantitative estimate of drug-likeness (QED) is 0.764. The third-order valence-corrected chi connectivity index (χ3v) is 3.43. The van der Waals surface area contributed by atoms with Gasteiger partial charge in [0, 0.05) is 36.3 Å². The van der Waals surface area contributed by atoms with Crippen molar-refractivity contribution in [2.24, 2.45) is 0 Å². The summed E-state index contributed by atoms with van der Waals surface area (Å²) < 4.78 is 1.09. The van der Waals surface area contributed by atoms with Crippen LogP contribution in [0.3, 0.4) is 0 Å². The normalized spacial score (nSPS) is 16.8. The first-order valence-corrected chi connectivity index (χ1v) is 5.99. The molecule has 1 aromatic carbocycles. The van der Waals surface area contributed by atoms with Crippen LogP contribution in [-0.2, 0) is 0 Å². The molecule has 3 nitrogen and oxygen atoms in total. The Hall–Kier alpha value is -0.740. The highest BCUT2D eigenvalue weighted by Crippen LogP contribution is 2.30. The van der Waals surface area contributed by atoms with Crippen molar-refractivity contribution < 1.29 is 0 Å². The number of nitrogen functional groups attached to an aromatic ring is 1. The molecule has 1 heterocycles. The molecule has 1 aliphatic rings. The molecule has 15 heavy (non-hydrogen) atoms. The van der Waals surface area contributed by atoms with Gasteiger partial charge in [0.25, 0.3) is 0 Å². The molecule has 0 amide bonds. The minimum Gasteiger partial charge on any atom is -0.398 e. The molecule has 2 rings (SSSR count). The number of halogens is 1. The van der Waals surface area contributed by atoms with Crippen molar-refractivity contribution in [1.82, 2.24) is 5.32 Å². The molecule has 0 radical (unpaired) electrons. The summed E-state index contributed by atoms with van der Waals surface area (Å²) in [5, 5.41) is 3.35. The summed E-state index contributed by atoms with van der Waals surface area (Å²) >= 11 is 3.57. The lowest BCUT2D eigenvalue weighted by atomic mass is 10.1. The number of nitrogens with one attached hydrogen (secondary N) is 1. The maximum absolute atomic E-state index is 5.86. The third-order valence-electron chi connectivity index (χ3n) is 2.79. The topological polar surface area (TPSA) is 41.3 Å². The van der Waals surface area contributed by atoms with Gasteiger partial charge in [-0.15, -0.1) is 0 Å². The number of anilines is 2. The summed E-state index contributed by atoms with van der Waals surface area (Å²) in [5.41, 5.74) is 9.10. The van der Waals surface area contributed by atoms with E-state index >= 15 is 0 Å². The van der Waals surface area contributed by atoms with Gasteiger partial charge in [-0.1, -0.05) is 0 Å². The van der Waals surface area contributed by atoms with E-state index in [4.69, 9.17) is 5.73 Å². The average molecular weight is 270 g/mol. The smallest absolute Gasteiger partial charge is 0.0515 e. The highest BCUT2D eigenvalue weighted by molar-refractivity contribution is 9.10. The Labute approximate surface area is 98.8 Å². The molecular formula is C11H16BrN3. The third kappa shape index (κ3) is 2.26. The zero-order valence-corrected chi connectivity index (χ0v) is 10.5. The molecule has 82 valence electrons. The molecule has 0 saturated carbocycles. The molecule has 1 saturated heterocycles. The fourth-order valence-corrected chi connectivity index (χ4v) is 2.44. The summed E-state index contributed by atoms with van der Waals surface area (Å²) in [6, 6.07) is 4.15. The summed E-state index contributed by atoms with van der Waals surface area (Å²) in [6.07, 6.45) is 0. The zero-order chi connectivity index (χ0) is 10.8. The fraction of sp³-hybridized carbons (Fsp3) is 0.455. The standard InChI is InChI=1S/C11H16BrN3/c1-8-6-11(9(12)7-10(8)13)15-4-2-14-3-5-15/h6-7,14H,2-5,13H2,1H3. The van der Waals surface area contributed by atoms with Crippen LogP contribution in [0.2, 0.25) is 0 Å². The second-order valence-electron chi connectivity index (χ2n) is 3.90. The Kier molecular flexibility index (Phi) is 3.17. The van der Waals surface area contributed by atoms with E-state index in [0.29, 0.717) is 0 Å². The fourth-order valence-electron chi connectivity index (χ4n) is 1.83. The van der Waals surface area contributed by atoms with E-state index in [2.05, 4.69) is 32.2 Å². The van der Waals surface area contributed by atoms with E-state index in [1.54, 1.807) is 0 Å². The summed E-state index contributed by atoms with van der Waals surface area (Å²) in [4.78, 5) is 2.38. The van der Waals surface area contributed by atoms with Crippen molar-refractivity contribution >= 4 is 27.3 Å². The summed E-state index contributed by atoms with van der Waals surface area (Å²) in [7, 11) is 0. The van der Waals surface area contributed by atoms with E-state index < -0.39 is 0 Å². The van der Waals surface area contributed by atoms with E-state index in [1.807, 2.05) is 13.0 Å². The Morgan fingerprint density at radius 2 is 2.00 bits per heavy atom. The zero-order valence-electron chi connectivity index (χ0n) is 8.89. The van der Waals surface area contributed by atoms with Crippen molar-refractivity contribution in [2.75, 3.05) is 36.8 Å². The lowest BCUT2D eigenvalue weighted by Gasteiger charge is -2.30. The Balaban J connectivity index is 2.30. The Morgan fingerprint density at radius 3 is 2.67 bits per heavy atom. The summed E-state index contributed by atoms with van der Waals surface area (Å²) in [5.74, 6) is 0. The molecule has 1 fully saturated rings. The van der Waals surface area contributed by atoms with Gasteiger partial charge in [0.15, 0.2) is 0 Å². The van der Waals surface area contributed by atoms with Gasteiger partial charge in [0.05, 0.1) is 5.69 Å². The number of hydrogen-bond acceptors (Lipinski definition) is 3. The molecule has 0 unspecified atom stereocenters. The van der Waals surface area contributed by atoms with Gasteiger partial charge in [-0.3, -0.25) is 0 Å². The molecule has 1 aliphatic heterocycles. The second kappa shape index (κ2) is 4.41. The van der Waals surface area contributed by atoms with Gasteiger partial charge >= 0.3 is 0 Å². The SMILES string of the molecule is Cc1cc(N2CCNCC2)c(Br)cc1N. The maximum atomic E-state index is 5.86. The number of nitrogens with two attached hydrogens (primary N) is 1. The predicted molar refractivity (Wildman–Crippen MR) is 68.4 cm³/mol. The second-order valence-corrected chi connectivity index (χ2v) is 4.75. The van der Waals surface area contributed by atoms with Crippen LogP contribution in [0.1, 0.15) is 5.56 Å². The first-order valence-electron chi connectivity index (χ1n) is 5.20. The monoisotopic (exact) mass is 269 g/mol. The summed E-state index contributed by atoms with van der Waals surface area (Å²) in [6.45, 7) is 6.27. The van der Waals surface area contributed by atoms with Crippen molar-refractivity contribution in [2.45, 2.75) is 6.92 Å². The molecule has 0 atom stereocenters. The number of rotatable bonds is 1. The van der Waals surface area contributed by atoms with Crippen molar-refractivity contribution in [3.8, 4) is 0 Å². The van der Waals surface area contributed by atoms with Crippen LogP contribution < -0.4 is 16.0 Å². The predicted octanol–water partition coefficient (Wildman–Crippen LogP) is 1.75. The van der Waals surface area contributed by atoms with Crippen LogP contribution in [0.5, 0.6) is 0 Å². The Bertz CT molecular complexity index is 359. The average Bonchev–Trinajstić information content (AvgIpc) is 2.25. The van der Waals surface area contributed by atoms with Crippen LogP contribution >= 0.6 is 15.9 Å². The van der Waals surface area contributed by atoms with Crippen LogP contribution in [0.25, 0.3) is 0 Å². The Morgan fingerprint density at radius 1 is 1.33 bits per heavy atom. The van der Waals surface area contributed by atoms with E-state index in [0.717, 1.165) is 41.9 Å². The molecular weight excluding hydrogens is 254 g/mol. The molecule has 0 bridgehead atoms. The number of nitrogens with zero attached hydrogens (tertiary/aromatic N) is 1. The number of hydrogen-bond donors (Lipinski definition) is 2. The van der Waals surface area contributed by atoms with Crippen molar-refractivity contribution in [3.05, 3.63) is 22.2 Å². The molecule has 0 aliphatic carbocycles. The van der Waals surface area contributed by atoms with Gasteiger partial charge in [0.1, 0.15) is 0 Å². The first kappa shape index (κ1) is 10.8. The van der Waals surface area contributed by atoms with Gasteiger partial charge < -0.3 is 16.0 Å². The van der Waals surface area contributed by atoms with E-state index in [1.165, 1.54) is 5.69 Å². The number of aryl methyl sites for hydroxylation is 1. The molecule has 0 aromatic heterocycles.